The molecule has 0 aliphatic carbocycles. The van der Waals surface area contributed by atoms with Crippen LogP contribution in [-0.2, 0) is 9.98 Å². The van der Waals surface area contributed by atoms with E-state index in [2.05, 4.69) is 134 Å². The standard InChI is InChI=1S/C51H34NO3P/c1-31-20-24-43-36(26-31)37-27-32(2)21-25-44(37)52(43)33-22-23-40-48(28-33)55-46-18-10-7-15-39(46)51(40)41-16-8-11-19-49(41)56(53,34-12-4-3-5-13-34)50-30-47-38(29-42(50)51)35-14-6-9-17-45(35)54-47/h3-30H,1-2H3. The normalized spacial score (nSPS) is 18.2. The Morgan fingerprint density at radius 2 is 1.14 bits per heavy atom. The van der Waals surface area contributed by atoms with Crippen LogP contribution in [0.5, 0.6) is 11.5 Å². The Balaban J connectivity index is 1.22. The molecule has 0 amide bonds. The number of rotatable bonds is 2. The maximum Gasteiger partial charge on any atom is 0.171 e. The quantitative estimate of drug-likeness (QED) is 0.166. The molecule has 5 heteroatoms. The van der Waals surface area contributed by atoms with E-state index in [-0.39, 0.29) is 0 Å². The van der Waals surface area contributed by atoms with Crippen LogP contribution in [0.3, 0.4) is 0 Å². The van der Waals surface area contributed by atoms with Crippen molar-refractivity contribution in [1.29, 1.82) is 0 Å². The summed E-state index contributed by atoms with van der Waals surface area (Å²) in [5, 5.41) is 6.89. The Kier molecular flexibility index (Phi) is 6.36. The van der Waals surface area contributed by atoms with Crippen molar-refractivity contribution in [2.75, 3.05) is 0 Å². The largest absolute Gasteiger partial charge is 0.457 e. The summed E-state index contributed by atoms with van der Waals surface area (Å²) in [5.74, 6) is 1.55. The van der Waals surface area contributed by atoms with E-state index < -0.39 is 12.6 Å². The molecule has 12 rings (SSSR count). The zero-order valence-electron chi connectivity index (χ0n) is 30.8. The van der Waals surface area contributed by atoms with Gasteiger partial charge in [0, 0.05) is 60.3 Å². The predicted octanol–water partition coefficient (Wildman–Crippen LogP) is 11.7. The van der Waals surface area contributed by atoms with Gasteiger partial charge in [-0.2, -0.15) is 0 Å². The first-order valence-corrected chi connectivity index (χ1v) is 20.8. The van der Waals surface area contributed by atoms with Gasteiger partial charge in [0.1, 0.15) is 22.7 Å². The van der Waals surface area contributed by atoms with Gasteiger partial charge in [0.05, 0.1) is 16.4 Å². The Bertz CT molecular complexity index is 3300. The molecule has 4 nitrogen and oxygen atoms in total. The van der Waals surface area contributed by atoms with Crippen LogP contribution >= 0.6 is 7.14 Å². The van der Waals surface area contributed by atoms with Crippen molar-refractivity contribution in [1.82, 2.24) is 4.57 Å². The van der Waals surface area contributed by atoms with E-state index in [1.807, 2.05) is 54.6 Å². The Morgan fingerprint density at radius 3 is 1.93 bits per heavy atom. The first-order chi connectivity index (χ1) is 27.4. The molecular formula is C51H34NO3P. The SMILES string of the molecule is Cc1ccc2c(c1)c1cc(C)ccc1n2-c1ccc2c(c1)Oc1ccccc1C21c2ccccc2P(=O)(c2ccccc2)c2cc3oc4ccccc4c3cc21. The van der Waals surface area contributed by atoms with Gasteiger partial charge in [-0.15, -0.1) is 0 Å². The Morgan fingerprint density at radius 1 is 0.482 bits per heavy atom. The highest BCUT2D eigenvalue weighted by Gasteiger charge is 2.55. The number of hydrogen-bond donors (Lipinski definition) is 0. The maximum atomic E-state index is 16.4. The van der Waals surface area contributed by atoms with Crippen molar-refractivity contribution in [2.45, 2.75) is 19.3 Å². The monoisotopic (exact) mass is 739 g/mol. The van der Waals surface area contributed by atoms with Crippen molar-refractivity contribution >= 4 is 66.8 Å². The molecule has 0 radical (unpaired) electrons. The van der Waals surface area contributed by atoms with E-state index in [0.717, 1.165) is 88.3 Å². The molecule has 10 aromatic rings. The molecule has 2 atom stereocenters. The number of nitrogens with zero attached hydrogens (tertiary/aromatic N) is 1. The molecule has 2 aliphatic rings. The summed E-state index contributed by atoms with van der Waals surface area (Å²) in [6.45, 7) is 4.30. The van der Waals surface area contributed by atoms with Crippen LogP contribution in [0.1, 0.15) is 33.4 Å². The fraction of sp³-hybridized carbons (Fsp3) is 0.0588. The molecule has 2 unspecified atom stereocenters. The van der Waals surface area contributed by atoms with Crippen LogP contribution in [0.25, 0.3) is 49.4 Å². The first kappa shape index (κ1) is 31.7. The van der Waals surface area contributed by atoms with Crippen LogP contribution < -0.4 is 20.7 Å². The predicted molar refractivity (Wildman–Crippen MR) is 229 cm³/mol. The number of fused-ring (bicyclic) bond motifs is 14. The number of aryl methyl sites for hydroxylation is 2. The minimum absolute atomic E-state index is 0.725. The van der Waals surface area contributed by atoms with Crippen LogP contribution in [0.2, 0.25) is 0 Å². The summed E-state index contributed by atoms with van der Waals surface area (Å²) in [4.78, 5) is 0. The van der Waals surface area contributed by atoms with E-state index in [4.69, 9.17) is 9.15 Å². The molecule has 1 spiro atoms. The summed E-state index contributed by atoms with van der Waals surface area (Å²) >= 11 is 0. The van der Waals surface area contributed by atoms with Gasteiger partial charge in [0.25, 0.3) is 0 Å². The summed E-state index contributed by atoms with van der Waals surface area (Å²) in [6.07, 6.45) is 0. The maximum absolute atomic E-state index is 16.4. The van der Waals surface area contributed by atoms with E-state index >= 15 is 4.57 Å². The molecule has 4 heterocycles. The van der Waals surface area contributed by atoms with E-state index in [1.165, 1.54) is 21.9 Å². The Labute approximate surface area is 323 Å². The van der Waals surface area contributed by atoms with E-state index in [0.29, 0.717) is 0 Å². The topological polar surface area (TPSA) is 44.4 Å². The van der Waals surface area contributed by atoms with Crippen LogP contribution in [-0.4, -0.2) is 4.57 Å². The summed E-state index contributed by atoms with van der Waals surface area (Å²) in [5.41, 5.74) is 10.4. The van der Waals surface area contributed by atoms with Gasteiger partial charge >= 0.3 is 0 Å². The third kappa shape index (κ3) is 4.01. The molecule has 0 bridgehead atoms. The summed E-state index contributed by atoms with van der Waals surface area (Å²) < 4.78 is 32.3. The molecule has 0 N–H and O–H groups in total. The fourth-order valence-corrected chi connectivity index (χ4v) is 13.0. The number of para-hydroxylation sites is 2. The summed E-state index contributed by atoms with van der Waals surface area (Å²) in [6, 6.07) is 59.3. The van der Waals surface area contributed by atoms with Crippen LogP contribution in [0, 0.1) is 13.8 Å². The number of hydrogen-bond acceptors (Lipinski definition) is 3. The number of ether oxygens (including phenoxy) is 1. The van der Waals surface area contributed by atoms with Crippen molar-refractivity contribution in [3.8, 4) is 17.2 Å². The third-order valence-corrected chi connectivity index (χ3v) is 15.4. The fourth-order valence-electron chi connectivity index (χ4n) is 9.86. The van der Waals surface area contributed by atoms with Gasteiger partial charge in [0.15, 0.2) is 7.14 Å². The number of furan rings is 1. The second kappa shape index (κ2) is 11.2. The first-order valence-electron chi connectivity index (χ1n) is 19.1. The minimum atomic E-state index is -3.43. The second-order valence-corrected chi connectivity index (χ2v) is 18.0. The molecule has 0 saturated carbocycles. The van der Waals surface area contributed by atoms with Crippen molar-refractivity contribution in [3.05, 3.63) is 203 Å². The summed E-state index contributed by atoms with van der Waals surface area (Å²) in [7, 11) is -3.43. The smallest absolute Gasteiger partial charge is 0.171 e. The molecule has 8 aromatic carbocycles. The number of aromatic nitrogens is 1. The zero-order valence-corrected chi connectivity index (χ0v) is 31.7. The minimum Gasteiger partial charge on any atom is -0.457 e. The highest BCUT2D eigenvalue weighted by atomic mass is 31.2. The lowest BCUT2D eigenvalue weighted by Gasteiger charge is -2.47. The molecule has 2 aliphatic heterocycles. The van der Waals surface area contributed by atoms with Gasteiger partial charge in [0.2, 0.25) is 0 Å². The second-order valence-electron chi connectivity index (χ2n) is 15.3. The highest BCUT2D eigenvalue weighted by molar-refractivity contribution is 7.85. The lowest BCUT2D eigenvalue weighted by atomic mass is 9.63. The van der Waals surface area contributed by atoms with Crippen LogP contribution in [0.4, 0.5) is 0 Å². The average molecular weight is 740 g/mol. The van der Waals surface area contributed by atoms with Crippen molar-refractivity contribution in [2.24, 2.45) is 0 Å². The highest BCUT2D eigenvalue weighted by Crippen LogP contribution is 2.62. The van der Waals surface area contributed by atoms with E-state index in [1.54, 1.807) is 0 Å². The third-order valence-electron chi connectivity index (χ3n) is 12.2. The lowest BCUT2D eigenvalue weighted by Crippen LogP contribution is -2.48. The van der Waals surface area contributed by atoms with Gasteiger partial charge in [-0.25, -0.2) is 0 Å². The lowest BCUT2D eigenvalue weighted by molar-refractivity contribution is 0.435. The number of benzene rings is 8. The van der Waals surface area contributed by atoms with Crippen molar-refractivity contribution < 1.29 is 13.7 Å². The molecule has 56 heavy (non-hydrogen) atoms. The Hall–Kier alpha value is -6.61. The van der Waals surface area contributed by atoms with Gasteiger partial charge < -0.3 is 18.3 Å². The average Bonchev–Trinajstić information content (AvgIpc) is 3.76. The molecule has 266 valence electrons. The van der Waals surface area contributed by atoms with E-state index in [9.17, 15) is 0 Å². The van der Waals surface area contributed by atoms with Crippen molar-refractivity contribution in [3.63, 3.8) is 0 Å². The zero-order chi connectivity index (χ0) is 37.3. The van der Waals surface area contributed by atoms with Gasteiger partial charge in [-0.05, 0) is 79.6 Å². The molecule has 0 saturated heterocycles. The van der Waals surface area contributed by atoms with Gasteiger partial charge in [-0.1, -0.05) is 120 Å². The molecular weight excluding hydrogens is 706 g/mol. The molecule has 2 aromatic heterocycles. The van der Waals surface area contributed by atoms with Gasteiger partial charge in [-0.3, -0.25) is 0 Å². The molecule has 0 fully saturated rings. The van der Waals surface area contributed by atoms with Crippen LogP contribution in [0.15, 0.2) is 174 Å².